The van der Waals surface area contributed by atoms with Crippen molar-refractivity contribution in [3.05, 3.63) is 70.2 Å². The zero-order valence-corrected chi connectivity index (χ0v) is 17.1. The maximum atomic E-state index is 12.7. The lowest BCUT2D eigenvalue weighted by Crippen LogP contribution is -2.42. The Hall–Kier alpha value is -1.88. The zero-order chi connectivity index (χ0) is 19.5. The summed E-state index contributed by atoms with van der Waals surface area (Å²) in [6.45, 7) is 4.25. The van der Waals surface area contributed by atoms with E-state index in [1.54, 1.807) is 0 Å². The van der Waals surface area contributed by atoms with Crippen LogP contribution in [0.15, 0.2) is 48.5 Å². The molecule has 1 saturated heterocycles. The van der Waals surface area contributed by atoms with Crippen LogP contribution < -0.4 is 10.6 Å². The predicted octanol–water partition coefficient (Wildman–Crippen LogP) is 3.18. The number of nitrogens with one attached hydrogen (secondary N) is 2. The summed E-state index contributed by atoms with van der Waals surface area (Å²) in [5.41, 5.74) is 4.05. The Balaban J connectivity index is 1.43. The van der Waals surface area contributed by atoms with Crippen molar-refractivity contribution in [2.75, 3.05) is 13.1 Å². The number of carbonyl (C=O) groups is 1. The second-order valence-electron chi connectivity index (χ2n) is 7.94. The van der Waals surface area contributed by atoms with E-state index < -0.39 is 0 Å². The first-order chi connectivity index (χ1) is 13.6. The van der Waals surface area contributed by atoms with Crippen molar-refractivity contribution in [2.24, 2.45) is 0 Å². The SMILES string of the molecule is CCNC(=O)[C@@H]1C[C@@H](NC2Cc3ccccc3C2)CN1Cc1cccc(Cl)c1. The van der Waals surface area contributed by atoms with Crippen molar-refractivity contribution in [1.82, 2.24) is 15.5 Å². The zero-order valence-electron chi connectivity index (χ0n) is 16.3. The standard InChI is InChI=1S/C23H28ClN3O/c1-2-25-23(28)22-13-21(15-27(22)14-16-6-5-9-19(24)10-16)26-20-11-17-7-3-4-8-18(17)12-20/h3-10,20-22,26H,2,11-15H2,1H3,(H,25,28)/t21-,22+/m1/s1. The van der Waals surface area contributed by atoms with Gasteiger partial charge in [-0.2, -0.15) is 0 Å². The van der Waals surface area contributed by atoms with Gasteiger partial charge in [0.25, 0.3) is 0 Å². The molecule has 1 amide bonds. The fourth-order valence-electron chi connectivity index (χ4n) is 4.64. The van der Waals surface area contributed by atoms with Gasteiger partial charge in [0.15, 0.2) is 0 Å². The van der Waals surface area contributed by atoms with Crippen LogP contribution in [0.3, 0.4) is 0 Å². The molecule has 0 bridgehead atoms. The first-order valence-electron chi connectivity index (χ1n) is 10.2. The Morgan fingerprint density at radius 1 is 1.11 bits per heavy atom. The van der Waals surface area contributed by atoms with E-state index >= 15 is 0 Å². The van der Waals surface area contributed by atoms with Crippen molar-refractivity contribution >= 4 is 17.5 Å². The average molecular weight is 398 g/mol. The number of hydrogen-bond donors (Lipinski definition) is 2. The van der Waals surface area contributed by atoms with E-state index in [4.69, 9.17) is 11.6 Å². The lowest BCUT2D eigenvalue weighted by molar-refractivity contribution is -0.125. The number of likely N-dealkylation sites (N-methyl/N-ethyl adjacent to an activating group) is 1. The summed E-state index contributed by atoms with van der Waals surface area (Å²) in [5.74, 6) is 0.128. The number of carbonyl (C=O) groups excluding carboxylic acids is 1. The molecule has 5 heteroatoms. The minimum Gasteiger partial charge on any atom is -0.355 e. The maximum Gasteiger partial charge on any atom is 0.237 e. The van der Waals surface area contributed by atoms with Gasteiger partial charge in [0.2, 0.25) is 5.91 Å². The summed E-state index contributed by atoms with van der Waals surface area (Å²) < 4.78 is 0. The highest BCUT2D eigenvalue weighted by molar-refractivity contribution is 6.30. The molecule has 1 heterocycles. The molecule has 0 unspecified atom stereocenters. The normalized spacial score (nSPS) is 22.4. The lowest BCUT2D eigenvalue weighted by atomic mass is 10.1. The van der Waals surface area contributed by atoms with E-state index in [2.05, 4.69) is 45.9 Å². The van der Waals surface area contributed by atoms with E-state index in [-0.39, 0.29) is 11.9 Å². The van der Waals surface area contributed by atoms with Crippen molar-refractivity contribution in [3.8, 4) is 0 Å². The second kappa shape index (κ2) is 8.64. The van der Waals surface area contributed by atoms with Crippen molar-refractivity contribution in [3.63, 3.8) is 0 Å². The molecule has 2 aliphatic rings. The van der Waals surface area contributed by atoms with Gasteiger partial charge in [0.05, 0.1) is 6.04 Å². The third kappa shape index (κ3) is 4.40. The lowest BCUT2D eigenvalue weighted by Gasteiger charge is -2.23. The number of rotatable bonds is 6. The molecule has 4 rings (SSSR count). The summed E-state index contributed by atoms with van der Waals surface area (Å²) in [5, 5.41) is 7.58. The number of benzene rings is 2. The van der Waals surface area contributed by atoms with Crippen LogP contribution in [0, 0.1) is 0 Å². The quantitative estimate of drug-likeness (QED) is 0.786. The number of nitrogens with zero attached hydrogens (tertiary/aromatic N) is 1. The van der Waals surface area contributed by atoms with Gasteiger partial charge in [-0.25, -0.2) is 0 Å². The molecule has 4 nitrogen and oxygen atoms in total. The Morgan fingerprint density at radius 2 is 1.86 bits per heavy atom. The average Bonchev–Trinajstić information content (AvgIpc) is 3.25. The van der Waals surface area contributed by atoms with Crippen molar-refractivity contribution in [1.29, 1.82) is 0 Å². The molecule has 28 heavy (non-hydrogen) atoms. The highest BCUT2D eigenvalue weighted by Crippen LogP contribution is 2.26. The van der Waals surface area contributed by atoms with Gasteiger partial charge >= 0.3 is 0 Å². The minimum absolute atomic E-state index is 0.0970. The Kier molecular flexibility index (Phi) is 6.00. The maximum absolute atomic E-state index is 12.7. The summed E-state index contributed by atoms with van der Waals surface area (Å²) in [6.07, 6.45) is 3.00. The topological polar surface area (TPSA) is 44.4 Å². The Labute approximate surface area is 172 Å². The molecular formula is C23H28ClN3O. The van der Waals surface area contributed by atoms with Gasteiger partial charge in [-0.15, -0.1) is 0 Å². The minimum atomic E-state index is -0.0970. The molecule has 1 aliphatic carbocycles. The predicted molar refractivity (Wildman–Crippen MR) is 114 cm³/mol. The van der Waals surface area contributed by atoms with E-state index in [9.17, 15) is 4.79 Å². The van der Waals surface area contributed by atoms with Crippen LogP contribution in [0.2, 0.25) is 5.02 Å². The molecular weight excluding hydrogens is 370 g/mol. The summed E-state index contributed by atoms with van der Waals surface area (Å²) in [7, 11) is 0. The van der Waals surface area contributed by atoms with Crippen molar-refractivity contribution < 1.29 is 4.79 Å². The molecule has 1 aliphatic heterocycles. The molecule has 2 N–H and O–H groups in total. The number of hydrogen-bond acceptors (Lipinski definition) is 3. The fraction of sp³-hybridized carbons (Fsp3) is 0.435. The van der Waals surface area contributed by atoms with Crippen LogP contribution in [0.5, 0.6) is 0 Å². The monoisotopic (exact) mass is 397 g/mol. The highest BCUT2D eigenvalue weighted by Gasteiger charge is 2.37. The number of amides is 1. The van der Waals surface area contributed by atoms with Crippen LogP contribution in [-0.4, -0.2) is 42.0 Å². The van der Waals surface area contributed by atoms with Gasteiger partial charge in [-0.05, 0) is 55.0 Å². The number of fused-ring (bicyclic) bond motifs is 1. The van der Waals surface area contributed by atoms with Crippen LogP contribution in [0.1, 0.15) is 30.0 Å². The Morgan fingerprint density at radius 3 is 2.54 bits per heavy atom. The van der Waals surface area contributed by atoms with Gasteiger partial charge in [-0.1, -0.05) is 48.0 Å². The van der Waals surface area contributed by atoms with Gasteiger partial charge in [-0.3, -0.25) is 9.69 Å². The van der Waals surface area contributed by atoms with Crippen molar-refractivity contribution in [2.45, 2.75) is 50.9 Å². The summed E-state index contributed by atoms with van der Waals surface area (Å²) >= 11 is 6.16. The largest absolute Gasteiger partial charge is 0.355 e. The molecule has 2 atom stereocenters. The first kappa shape index (κ1) is 19.4. The van der Waals surface area contributed by atoms with Crippen LogP contribution in [0.4, 0.5) is 0 Å². The molecule has 0 radical (unpaired) electrons. The van der Waals surface area contributed by atoms with Gasteiger partial charge in [0.1, 0.15) is 0 Å². The van der Waals surface area contributed by atoms with Gasteiger partial charge in [0, 0.05) is 36.7 Å². The molecule has 0 spiro atoms. The highest BCUT2D eigenvalue weighted by atomic mass is 35.5. The third-order valence-electron chi connectivity index (χ3n) is 5.85. The molecule has 2 aromatic carbocycles. The van der Waals surface area contributed by atoms with E-state index in [1.165, 1.54) is 11.1 Å². The van der Waals surface area contributed by atoms with Crippen LogP contribution >= 0.6 is 11.6 Å². The number of likely N-dealkylation sites (tertiary alicyclic amines) is 1. The van der Waals surface area contributed by atoms with Crippen LogP contribution in [0.25, 0.3) is 0 Å². The van der Waals surface area contributed by atoms with E-state index in [0.717, 1.165) is 42.9 Å². The summed E-state index contributed by atoms with van der Waals surface area (Å²) in [4.78, 5) is 15.0. The summed E-state index contributed by atoms with van der Waals surface area (Å²) in [6, 6.07) is 17.3. The fourth-order valence-corrected chi connectivity index (χ4v) is 4.86. The number of halogens is 1. The molecule has 0 aromatic heterocycles. The van der Waals surface area contributed by atoms with Gasteiger partial charge < -0.3 is 10.6 Å². The molecule has 0 saturated carbocycles. The van der Waals surface area contributed by atoms with E-state index in [1.807, 2.05) is 25.1 Å². The van der Waals surface area contributed by atoms with Crippen LogP contribution in [-0.2, 0) is 24.2 Å². The first-order valence-corrected chi connectivity index (χ1v) is 10.6. The molecule has 148 valence electrons. The molecule has 1 fully saturated rings. The smallest absolute Gasteiger partial charge is 0.237 e. The van der Waals surface area contributed by atoms with E-state index in [0.29, 0.717) is 18.6 Å². The second-order valence-corrected chi connectivity index (χ2v) is 8.38. The third-order valence-corrected chi connectivity index (χ3v) is 6.09. The Bertz CT molecular complexity index is 815. The molecule has 2 aromatic rings.